The number of aryl methyl sites for hydroxylation is 1. The summed E-state index contributed by atoms with van der Waals surface area (Å²) in [5.41, 5.74) is 0.669. The molecule has 0 spiro atoms. The number of hydrogen-bond acceptors (Lipinski definition) is 5. The highest BCUT2D eigenvalue weighted by Gasteiger charge is 2.22. The average Bonchev–Trinajstić information content (AvgIpc) is 2.64. The fraction of sp³-hybridized carbons (Fsp3) is 0.667. The standard InChI is InChI=1S/C12H20N4O4/c1-4-20-7-5-6-13-11(17)8-15-10(3)12(16(18)19)9(2)14-15/h4-8H2,1-3H3,(H,13,17). The third kappa shape index (κ3) is 4.30. The van der Waals surface area contributed by atoms with Crippen LogP contribution in [0.2, 0.25) is 0 Å². The van der Waals surface area contributed by atoms with Gasteiger partial charge in [0.1, 0.15) is 17.9 Å². The Bertz CT molecular complexity index is 484. The van der Waals surface area contributed by atoms with Crippen LogP contribution in [0, 0.1) is 24.0 Å². The van der Waals surface area contributed by atoms with Crippen molar-refractivity contribution < 1.29 is 14.5 Å². The highest BCUT2D eigenvalue weighted by atomic mass is 16.6. The minimum absolute atomic E-state index is 0.0187. The first kappa shape index (κ1) is 16.1. The number of hydrogen-bond donors (Lipinski definition) is 1. The molecule has 8 nitrogen and oxygen atoms in total. The molecule has 0 aliphatic carbocycles. The summed E-state index contributed by atoms with van der Waals surface area (Å²) in [5, 5.41) is 17.6. The monoisotopic (exact) mass is 284 g/mol. The molecule has 0 saturated carbocycles. The number of rotatable bonds is 8. The Morgan fingerprint density at radius 1 is 1.50 bits per heavy atom. The molecule has 0 saturated heterocycles. The van der Waals surface area contributed by atoms with Gasteiger partial charge in [-0.25, -0.2) is 0 Å². The van der Waals surface area contributed by atoms with Gasteiger partial charge >= 0.3 is 5.69 Å². The topological polar surface area (TPSA) is 99.3 Å². The minimum atomic E-state index is -0.478. The number of nitrogens with one attached hydrogen (secondary N) is 1. The van der Waals surface area contributed by atoms with Crippen LogP contribution in [0.3, 0.4) is 0 Å². The number of carbonyl (C=O) groups excluding carboxylic acids is 1. The second-order valence-electron chi connectivity index (χ2n) is 4.33. The van der Waals surface area contributed by atoms with Crippen molar-refractivity contribution in [3.63, 3.8) is 0 Å². The SMILES string of the molecule is CCOCCCNC(=O)Cn1nc(C)c([N+](=O)[O-])c1C. The Balaban J connectivity index is 2.50. The van der Waals surface area contributed by atoms with E-state index in [1.807, 2.05) is 6.92 Å². The van der Waals surface area contributed by atoms with E-state index in [0.29, 0.717) is 31.1 Å². The van der Waals surface area contributed by atoms with Crippen molar-refractivity contribution in [1.29, 1.82) is 0 Å². The molecule has 1 aromatic heterocycles. The van der Waals surface area contributed by atoms with E-state index in [1.54, 1.807) is 13.8 Å². The lowest BCUT2D eigenvalue weighted by Crippen LogP contribution is -2.29. The van der Waals surface area contributed by atoms with Crippen molar-refractivity contribution in [2.24, 2.45) is 0 Å². The van der Waals surface area contributed by atoms with E-state index in [0.717, 1.165) is 6.42 Å². The van der Waals surface area contributed by atoms with Crippen LogP contribution in [-0.2, 0) is 16.1 Å². The fourth-order valence-electron chi connectivity index (χ4n) is 1.84. The zero-order chi connectivity index (χ0) is 15.1. The summed E-state index contributed by atoms with van der Waals surface area (Å²) < 4.78 is 6.51. The van der Waals surface area contributed by atoms with Gasteiger partial charge in [0, 0.05) is 19.8 Å². The zero-order valence-electron chi connectivity index (χ0n) is 12.0. The molecule has 0 bridgehead atoms. The van der Waals surface area contributed by atoms with E-state index in [-0.39, 0.29) is 18.1 Å². The van der Waals surface area contributed by atoms with Crippen LogP contribution in [0.4, 0.5) is 5.69 Å². The number of ether oxygens (including phenoxy) is 1. The first-order chi connectivity index (χ1) is 9.47. The molecule has 1 aromatic rings. The van der Waals surface area contributed by atoms with Crippen molar-refractivity contribution in [3.05, 3.63) is 21.5 Å². The van der Waals surface area contributed by atoms with E-state index in [2.05, 4.69) is 10.4 Å². The summed E-state index contributed by atoms with van der Waals surface area (Å²) in [7, 11) is 0. The Labute approximate surface area is 117 Å². The lowest BCUT2D eigenvalue weighted by atomic mass is 10.3. The van der Waals surface area contributed by atoms with Crippen molar-refractivity contribution in [3.8, 4) is 0 Å². The molecule has 0 fully saturated rings. The highest BCUT2D eigenvalue weighted by Crippen LogP contribution is 2.21. The Hall–Kier alpha value is -1.96. The molecule has 0 aliphatic heterocycles. The van der Waals surface area contributed by atoms with Gasteiger partial charge in [-0.3, -0.25) is 19.6 Å². The molecular weight excluding hydrogens is 264 g/mol. The smallest absolute Gasteiger partial charge is 0.312 e. The summed E-state index contributed by atoms with van der Waals surface area (Å²) in [6.45, 7) is 6.80. The Morgan fingerprint density at radius 2 is 2.20 bits per heavy atom. The van der Waals surface area contributed by atoms with Gasteiger partial charge in [0.15, 0.2) is 0 Å². The predicted octanol–water partition coefficient (Wildman–Crippen LogP) is 0.951. The van der Waals surface area contributed by atoms with Gasteiger partial charge < -0.3 is 10.1 Å². The van der Waals surface area contributed by atoms with Crippen molar-refractivity contribution in [1.82, 2.24) is 15.1 Å². The molecule has 0 aliphatic rings. The zero-order valence-corrected chi connectivity index (χ0v) is 12.0. The quantitative estimate of drug-likeness (QED) is 0.435. The molecule has 112 valence electrons. The lowest BCUT2D eigenvalue weighted by molar-refractivity contribution is -0.386. The van der Waals surface area contributed by atoms with Gasteiger partial charge in [-0.1, -0.05) is 0 Å². The first-order valence-electron chi connectivity index (χ1n) is 6.50. The second-order valence-corrected chi connectivity index (χ2v) is 4.33. The van der Waals surface area contributed by atoms with E-state index in [4.69, 9.17) is 4.74 Å². The van der Waals surface area contributed by atoms with E-state index in [1.165, 1.54) is 4.68 Å². The van der Waals surface area contributed by atoms with E-state index in [9.17, 15) is 14.9 Å². The molecular formula is C12H20N4O4. The third-order valence-electron chi connectivity index (χ3n) is 2.81. The van der Waals surface area contributed by atoms with Gasteiger partial charge in [-0.15, -0.1) is 0 Å². The van der Waals surface area contributed by atoms with Gasteiger partial charge in [0.2, 0.25) is 5.91 Å². The Kier molecular flexibility index (Phi) is 6.10. The Morgan fingerprint density at radius 3 is 2.75 bits per heavy atom. The van der Waals surface area contributed by atoms with Crippen LogP contribution in [0.1, 0.15) is 24.7 Å². The maximum absolute atomic E-state index is 11.7. The van der Waals surface area contributed by atoms with Crippen LogP contribution in [-0.4, -0.2) is 40.4 Å². The molecule has 0 atom stereocenters. The third-order valence-corrected chi connectivity index (χ3v) is 2.81. The van der Waals surface area contributed by atoms with Crippen molar-refractivity contribution >= 4 is 11.6 Å². The molecule has 20 heavy (non-hydrogen) atoms. The normalized spacial score (nSPS) is 10.6. The molecule has 1 amide bonds. The summed E-state index contributed by atoms with van der Waals surface area (Å²) in [6.07, 6.45) is 0.733. The number of nitrogens with zero attached hydrogens (tertiary/aromatic N) is 3. The number of carbonyl (C=O) groups is 1. The van der Waals surface area contributed by atoms with Crippen LogP contribution >= 0.6 is 0 Å². The van der Waals surface area contributed by atoms with Gasteiger partial charge in [-0.2, -0.15) is 5.10 Å². The average molecular weight is 284 g/mol. The van der Waals surface area contributed by atoms with Crippen molar-refractivity contribution in [2.75, 3.05) is 19.8 Å². The van der Waals surface area contributed by atoms with Gasteiger partial charge in [-0.05, 0) is 27.2 Å². The molecule has 1 rings (SSSR count). The number of nitro groups is 1. The van der Waals surface area contributed by atoms with Gasteiger partial charge in [0.25, 0.3) is 0 Å². The summed E-state index contributed by atoms with van der Waals surface area (Å²) in [4.78, 5) is 22.1. The predicted molar refractivity (Wildman–Crippen MR) is 72.5 cm³/mol. The van der Waals surface area contributed by atoms with Gasteiger partial charge in [0.05, 0.1) is 4.92 Å². The van der Waals surface area contributed by atoms with Crippen LogP contribution in [0.5, 0.6) is 0 Å². The summed E-state index contributed by atoms with van der Waals surface area (Å²) in [5.74, 6) is -0.220. The minimum Gasteiger partial charge on any atom is -0.382 e. The first-order valence-corrected chi connectivity index (χ1v) is 6.50. The maximum atomic E-state index is 11.7. The molecule has 1 N–H and O–H groups in total. The van der Waals surface area contributed by atoms with E-state index < -0.39 is 4.92 Å². The van der Waals surface area contributed by atoms with Crippen LogP contribution in [0.25, 0.3) is 0 Å². The highest BCUT2D eigenvalue weighted by molar-refractivity contribution is 5.75. The number of amides is 1. The summed E-state index contributed by atoms with van der Waals surface area (Å²) in [6, 6.07) is 0. The maximum Gasteiger partial charge on any atom is 0.312 e. The second kappa shape index (κ2) is 7.59. The van der Waals surface area contributed by atoms with Crippen LogP contribution < -0.4 is 5.32 Å². The molecule has 1 heterocycles. The molecule has 0 radical (unpaired) electrons. The fourth-order valence-corrected chi connectivity index (χ4v) is 1.84. The number of aromatic nitrogens is 2. The molecule has 0 aromatic carbocycles. The molecule has 0 unspecified atom stereocenters. The van der Waals surface area contributed by atoms with Crippen molar-refractivity contribution in [2.45, 2.75) is 33.7 Å². The van der Waals surface area contributed by atoms with Crippen LogP contribution in [0.15, 0.2) is 0 Å². The largest absolute Gasteiger partial charge is 0.382 e. The molecule has 8 heteroatoms. The van der Waals surface area contributed by atoms with E-state index >= 15 is 0 Å². The summed E-state index contributed by atoms with van der Waals surface area (Å²) >= 11 is 0. The lowest BCUT2D eigenvalue weighted by Gasteiger charge is -2.06.